The van der Waals surface area contributed by atoms with E-state index in [2.05, 4.69) is 0 Å². The summed E-state index contributed by atoms with van der Waals surface area (Å²) in [6.07, 6.45) is 0. The van der Waals surface area contributed by atoms with E-state index in [0.29, 0.717) is 0 Å². The zero-order valence-electron chi connectivity index (χ0n) is 6.28. The molecule has 2 N–H and O–H groups in total. The molecule has 0 radical (unpaired) electrons. The van der Waals surface area contributed by atoms with Crippen molar-refractivity contribution in [2.24, 2.45) is 0 Å². The van der Waals surface area contributed by atoms with Crippen LogP contribution in [0.5, 0.6) is 0 Å². The van der Waals surface area contributed by atoms with Gasteiger partial charge in [0, 0.05) is 0 Å². The Morgan fingerprint density at radius 1 is 1.38 bits per heavy atom. The molecule has 0 fully saturated rings. The predicted molar refractivity (Wildman–Crippen MR) is 43.9 cm³/mol. The topological polar surface area (TPSA) is 101 Å². The van der Waals surface area contributed by atoms with Crippen molar-refractivity contribution < 1.29 is 18.2 Å². The van der Waals surface area contributed by atoms with Crippen LogP contribution in [0.4, 0.5) is 5.69 Å². The second-order valence-corrected chi connectivity index (χ2v) is 3.67. The number of anilines is 1. The molecule has 1 rings (SSSR count). The summed E-state index contributed by atoms with van der Waals surface area (Å²) in [7, 11) is -4.34. The molecule has 0 heterocycles. The summed E-state index contributed by atoms with van der Waals surface area (Å²) < 4.78 is 29.7. The number of rotatable bonds is 2. The van der Waals surface area contributed by atoms with E-state index >= 15 is 0 Å². The minimum Gasteiger partial charge on any atom is -0.733 e. The highest BCUT2D eigenvalue weighted by atomic mass is 32.2. The smallest absolute Gasteiger partial charge is 0.294 e. The first-order chi connectivity index (χ1) is 5.91. The molecule has 13 heavy (non-hydrogen) atoms. The van der Waals surface area contributed by atoms with Crippen molar-refractivity contribution in [3.63, 3.8) is 0 Å². The lowest BCUT2D eigenvalue weighted by Gasteiger charge is -2.21. The van der Waals surface area contributed by atoms with Gasteiger partial charge in [0.15, 0.2) is 0 Å². The lowest BCUT2D eigenvalue weighted by Crippen LogP contribution is -2.08. The van der Waals surface area contributed by atoms with Crippen LogP contribution in [0.1, 0.15) is 0 Å². The van der Waals surface area contributed by atoms with Gasteiger partial charge in [-0.15, -0.1) is 0 Å². The van der Waals surface area contributed by atoms with Gasteiger partial charge in [0.25, 0.3) is 10.1 Å². The fraction of sp³-hybridized carbons (Fsp3) is 0. The molecule has 0 aliphatic heterocycles. The van der Waals surface area contributed by atoms with Crippen molar-refractivity contribution in [2.75, 3.05) is 5.23 Å². The third kappa shape index (κ3) is 2.39. The molecule has 6 nitrogen and oxygen atoms in total. The highest BCUT2D eigenvalue weighted by Gasteiger charge is 2.09. The Labute approximate surface area is 74.3 Å². The van der Waals surface area contributed by atoms with Crippen molar-refractivity contribution >= 4 is 15.8 Å². The highest BCUT2D eigenvalue weighted by molar-refractivity contribution is 7.85. The molecule has 0 amide bonds. The van der Waals surface area contributed by atoms with Crippen molar-refractivity contribution in [1.82, 2.24) is 0 Å². The molecule has 1 aromatic rings. The lowest BCUT2D eigenvalue weighted by atomic mass is 10.3. The van der Waals surface area contributed by atoms with E-state index in [1.165, 1.54) is 12.1 Å². The Kier molecular flexibility index (Phi) is 2.52. The van der Waals surface area contributed by atoms with Crippen molar-refractivity contribution in [3.8, 4) is 0 Å². The minimum absolute atomic E-state index is 0.268. The zero-order chi connectivity index (χ0) is 10.1. The first kappa shape index (κ1) is 9.93. The first-order valence-corrected chi connectivity index (χ1v) is 4.59. The molecule has 7 heteroatoms. The maximum absolute atomic E-state index is 10.6. The summed E-state index contributed by atoms with van der Waals surface area (Å²) in [5.74, 6) is 0. The molecule has 1 aromatic carbocycles. The van der Waals surface area contributed by atoms with Crippen LogP contribution in [0.25, 0.3) is 0 Å². The molecule has 0 bridgehead atoms. The largest absolute Gasteiger partial charge is 0.733 e. The number of hydrogen-bond donors (Lipinski definition) is 2. The van der Waals surface area contributed by atoms with Crippen LogP contribution in [-0.4, -0.2) is 18.2 Å². The van der Waals surface area contributed by atoms with E-state index in [1.807, 2.05) is 0 Å². The molecule has 0 aliphatic carbocycles. The molecule has 72 valence electrons. The normalized spacial score (nSPS) is 11.3. The van der Waals surface area contributed by atoms with E-state index in [4.69, 9.17) is 9.76 Å². The van der Waals surface area contributed by atoms with Gasteiger partial charge in [0.2, 0.25) is 0 Å². The van der Waals surface area contributed by atoms with Crippen LogP contribution in [0, 0.1) is 5.21 Å². The van der Waals surface area contributed by atoms with Gasteiger partial charge in [-0.25, -0.2) is 0 Å². The van der Waals surface area contributed by atoms with E-state index in [-0.39, 0.29) is 5.69 Å². The van der Waals surface area contributed by atoms with E-state index in [9.17, 15) is 13.6 Å². The van der Waals surface area contributed by atoms with E-state index in [0.717, 1.165) is 12.1 Å². The molecular weight excluding hydrogens is 198 g/mol. The zero-order valence-corrected chi connectivity index (χ0v) is 7.10. The van der Waals surface area contributed by atoms with Gasteiger partial charge in [-0.1, -0.05) is 6.07 Å². The minimum atomic E-state index is -4.34. The molecule has 0 saturated carbocycles. The number of hydrogen-bond acceptors (Lipinski definition) is 5. The molecular formula is C6H6NO5S-. The molecule has 0 aliphatic rings. The van der Waals surface area contributed by atoms with Crippen LogP contribution < -0.4 is 5.23 Å². The molecule has 0 aromatic heterocycles. The van der Waals surface area contributed by atoms with Gasteiger partial charge in [-0.2, -0.15) is 8.42 Å². The molecule has 0 spiro atoms. The van der Waals surface area contributed by atoms with E-state index < -0.39 is 20.2 Å². The summed E-state index contributed by atoms with van der Waals surface area (Å²) in [5, 5.41) is 18.2. The fourth-order valence-electron chi connectivity index (χ4n) is 0.763. The maximum atomic E-state index is 10.6. The summed E-state index contributed by atoms with van der Waals surface area (Å²) >= 11 is 0. The van der Waals surface area contributed by atoms with E-state index in [1.54, 1.807) is 0 Å². The van der Waals surface area contributed by atoms with Crippen LogP contribution in [0.3, 0.4) is 0 Å². The van der Waals surface area contributed by atoms with Crippen LogP contribution in [0.2, 0.25) is 0 Å². The Morgan fingerprint density at radius 3 is 2.46 bits per heavy atom. The van der Waals surface area contributed by atoms with Crippen LogP contribution in [0.15, 0.2) is 29.2 Å². The number of benzene rings is 1. The van der Waals surface area contributed by atoms with Crippen molar-refractivity contribution in [1.29, 1.82) is 0 Å². The summed E-state index contributed by atoms with van der Waals surface area (Å²) in [5.41, 5.74) is -0.268. The maximum Gasteiger partial charge on any atom is 0.294 e. The molecule has 0 atom stereocenters. The summed E-state index contributed by atoms with van der Waals surface area (Å²) in [6, 6.07) is 4.37. The predicted octanol–water partition coefficient (Wildman–Crippen LogP) is 0.627. The number of nitrogens with zero attached hydrogens (tertiary/aromatic N) is 1. The van der Waals surface area contributed by atoms with Gasteiger partial charge in [-0.05, 0) is 18.2 Å². The summed E-state index contributed by atoms with van der Waals surface area (Å²) in [4.78, 5) is -0.445. The van der Waals surface area contributed by atoms with Gasteiger partial charge < -0.3 is 10.4 Å². The monoisotopic (exact) mass is 204 g/mol. The van der Waals surface area contributed by atoms with Gasteiger partial charge in [0.1, 0.15) is 0 Å². The summed E-state index contributed by atoms with van der Waals surface area (Å²) in [6.45, 7) is 0. The standard InChI is InChI=1S/C6H6NO5S/c8-7(9)5-2-1-3-6(4-5)13(10,11)12/h1-4,8H,(H,10,11,12)/q-1. The van der Waals surface area contributed by atoms with Crippen molar-refractivity contribution in [2.45, 2.75) is 4.90 Å². The Balaban J connectivity index is 3.21. The van der Waals surface area contributed by atoms with Gasteiger partial charge in [-0.3, -0.25) is 9.76 Å². The average molecular weight is 204 g/mol. The van der Waals surface area contributed by atoms with Gasteiger partial charge >= 0.3 is 0 Å². The highest BCUT2D eigenvalue weighted by Crippen LogP contribution is 2.16. The Morgan fingerprint density at radius 2 is 2.00 bits per heavy atom. The lowest BCUT2D eigenvalue weighted by molar-refractivity contribution is 0.296. The second-order valence-electron chi connectivity index (χ2n) is 2.25. The average Bonchev–Trinajstić information content (AvgIpc) is 2.03. The SMILES string of the molecule is O=S(=O)(O)c1cccc(N([O-])O)c1. The first-order valence-electron chi connectivity index (χ1n) is 3.15. The molecule has 0 saturated heterocycles. The van der Waals surface area contributed by atoms with Crippen LogP contribution >= 0.6 is 0 Å². The third-order valence-corrected chi connectivity index (χ3v) is 2.19. The second kappa shape index (κ2) is 3.30. The van der Waals surface area contributed by atoms with Crippen LogP contribution in [-0.2, 0) is 10.1 Å². The Hall–Kier alpha value is -1.15. The fourth-order valence-corrected chi connectivity index (χ4v) is 1.28. The quantitative estimate of drug-likeness (QED) is 0.541. The molecule has 0 unspecified atom stereocenters. The van der Waals surface area contributed by atoms with Gasteiger partial charge in [0.05, 0.1) is 10.6 Å². The van der Waals surface area contributed by atoms with Crippen molar-refractivity contribution in [3.05, 3.63) is 29.5 Å². The third-order valence-electron chi connectivity index (χ3n) is 1.34. The Bertz CT molecular complexity index is 399.